The van der Waals surface area contributed by atoms with E-state index >= 15 is 0 Å². The molecule has 0 saturated heterocycles. The second-order valence-electron chi connectivity index (χ2n) is 3.75. The van der Waals surface area contributed by atoms with Gasteiger partial charge in [0.15, 0.2) is 0 Å². The van der Waals surface area contributed by atoms with Crippen LogP contribution in [0.2, 0.25) is 5.02 Å². The summed E-state index contributed by atoms with van der Waals surface area (Å²) in [7, 11) is 1.46. The van der Waals surface area contributed by atoms with E-state index < -0.39 is 5.82 Å². The van der Waals surface area contributed by atoms with Gasteiger partial charge in [0.25, 0.3) is 0 Å². The van der Waals surface area contributed by atoms with E-state index in [1.54, 1.807) is 0 Å². The molecule has 2 N–H and O–H groups in total. The highest BCUT2D eigenvalue weighted by Gasteiger charge is 2.08. The molecule has 0 aliphatic carbocycles. The Morgan fingerprint density at radius 2 is 2.00 bits per heavy atom. The minimum Gasteiger partial charge on any atom is -0.467 e. The van der Waals surface area contributed by atoms with Gasteiger partial charge < -0.3 is 15.4 Å². The number of halogens is 2. The Bertz CT molecular complexity index is 610. The molecule has 1 aromatic heterocycles. The monoisotopic (exact) mass is 297 g/mol. The van der Waals surface area contributed by atoms with E-state index in [9.17, 15) is 4.39 Å². The minimum absolute atomic E-state index is 0.164. The second kappa shape index (κ2) is 6.33. The number of methoxy groups -OCH3 is 1. The van der Waals surface area contributed by atoms with Crippen molar-refractivity contribution in [2.45, 2.75) is 6.92 Å². The minimum atomic E-state index is -0.415. The number of ether oxygens (including phenoxy) is 1. The number of nitrogens with one attached hydrogen (secondary N) is 2. The summed E-state index contributed by atoms with van der Waals surface area (Å²) in [6, 6.07) is 4.16. The summed E-state index contributed by atoms with van der Waals surface area (Å²) in [6.07, 6.45) is 0. The van der Waals surface area contributed by atoms with Crippen LogP contribution in [0, 0.1) is 5.82 Å². The standard InChI is InChI=1S/C12H13ClFN5O/c1-3-15-10-17-11(19-12(18-10)20-2)16-9-5-4-7(14)6-8(9)13/h4-6H,3H2,1-2H3,(H2,15,16,17,18,19). The van der Waals surface area contributed by atoms with Crippen LogP contribution in [0.4, 0.5) is 22.0 Å². The maximum absolute atomic E-state index is 13.0. The van der Waals surface area contributed by atoms with Gasteiger partial charge in [0, 0.05) is 6.54 Å². The topological polar surface area (TPSA) is 72.0 Å². The highest BCUT2D eigenvalue weighted by Crippen LogP contribution is 2.25. The van der Waals surface area contributed by atoms with Crippen molar-refractivity contribution in [2.24, 2.45) is 0 Å². The second-order valence-corrected chi connectivity index (χ2v) is 4.16. The number of nitrogens with zero attached hydrogens (tertiary/aromatic N) is 3. The Labute approximate surface area is 120 Å². The van der Waals surface area contributed by atoms with Gasteiger partial charge in [-0.2, -0.15) is 15.0 Å². The Balaban J connectivity index is 2.29. The third-order valence-corrected chi connectivity index (χ3v) is 2.62. The molecule has 0 aliphatic rings. The molecule has 0 atom stereocenters. The van der Waals surface area contributed by atoms with Gasteiger partial charge in [-0.25, -0.2) is 4.39 Å². The predicted molar refractivity (Wildman–Crippen MR) is 75.2 cm³/mol. The molecule has 0 amide bonds. The zero-order valence-electron chi connectivity index (χ0n) is 10.9. The Morgan fingerprint density at radius 1 is 1.25 bits per heavy atom. The Hall–Kier alpha value is -2.15. The SMILES string of the molecule is CCNc1nc(Nc2ccc(F)cc2Cl)nc(OC)n1. The lowest BCUT2D eigenvalue weighted by Crippen LogP contribution is -2.08. The zero-order valence-corrected chi connectivity index (χ0v) is 11.7. The quantitative estimate of drug-likeness (QED) is 0.884. The molecule has 0 saturated carbocycles. The van der Waals surface area contributed by atoms with E-state index in [2.05, 4.69) is 25.6 Å². The van der Waals surface area contributed by atoms with Crippen molar-refractivity contribution in [3.8, 4) is 6.01 Å². The first-order chi connectivity index (χ1) is 9.62. The summed E-state index contributed by atoms with van der Waals surface area (Å²) >= 11 is 5.93. The molecule has 1 heterocycles. The van der Waals surface area contributed by atoms with E-state index in [0.29, 0.717) is 18.2 Å². The van der Waals surface area contributed by atoms with Gasteiger partial charge in [0.1, 0.15) is 5.82 Å². The number of hydrogen-bond acceptors (Lipinski definition) is 6. The lowest BCUT2D eigenvalue weighted by atomic mass is 10.3. The summed E-state index contributed by atoms with van der Waals surface area (Å²) in [5.41, 5.74) is 0.490. The largest absolute Gasteiger partial charge is 0.467 e. The van der Waals surface area contributed by atoms with Crippen LogP contribution in [0.15, 0.2) is 18.2 Å². The number of rotatable bonds is 5. The van der Waals surface area contributed by atoms with Crippen LogP contribution < -0.4 is 15.4 Å². The highest BCUT2D eigenvalue weighted by atomic mass is 35.5. The molecular formula is C12H13ClFN5O. The molecule has 0 spiro atoms. The summed E-state index contributed by atoms with van der Waals surface area (Å²) in [5, 5.41) is 6.08. The smallest absolute Gasteiger partial charge is 0.322 e. The highest BCUT2D eigenvalue weighted by molar-refractivity contribution is 6.33. The molecule has 106 valence electrons. The van der Waals surface area contributed by atoms with E-state index in [1.165, 1.54) is 25.3 Å². The number of aromatic nitrogens is 3. The molecule has 6 nitrogen and oxygen atoms in total. The Morgan fingerprint density at radius 3 is 2.65 bits per heavy atom. The summed E-state index contributed by atoms with van der Waals surface area (Å²) in [5.74, 6) is 0.212. The van der Waals surface area contributed by atoms with Crippen molar-refractivity contribution in [3.05, 3.63) is 29.0 Å². The predicted octanol–water partition coefficient (Wildman–Crippen LogP) is 2.85. The summed E-state index contributed by atoms with van der Waals surface area (Å²) in [6.45, 7) is 2.57. The van der Waals surface area contributed by atoms with E-state index in [4.69, 9.17) is 16.3 Å². The fraction of sp³-hybridized carbons (Fsp3) is 0.250. The first-order valence-corrected chi connectivity index (χ1v) is 6.26. The van der Waals surface area contributed by atoms with Gasteiger partial charge in [-0.15, -0.1) is 0 Å². The van der Waals surface area contributed by atoms with Gasteiger partial charge in [-0.05, 0) is 25.1 Å². The first-order valence-electron chi connectivity index (χ1n) is 5.88. The van der Waals surface area contributed by atoms with Gasteiger partial charge in [-0.3, -0.25) is 0 Å². The average molecular weight is 298 g/mol. The number of benzene rings is 1. The van der Waals surface area contributed by atoms with E-state index in [1.807, 2.05) is 6.92 Å². The number of hydrogen-bond donors (Lipinski definition) is 2. The Kier molecular flexibility index (Phi) is 4.52. The lowest BCUT2D eigenvalue weighted by Gasteiger charge is -2.09. The fourth-order valence-electron chi connectivity index (χ4n) is 1.45. The molecule has 8 heteroatoms. The van der Waals surface area contributed by atoms with Gasteiger partial charge in [0.05, 0.1) is 17.8 Å². The summed E-state index contributed by atoms with van der Waals surface area (Å²) < 4.78 is 18.0. The molecule has 0 fully saturated rings. The van der Waals surface area contributed by atoms with Gasteiger partial charge in [0.2, 0.25) is 11.9 Å². The molecule has 20 heavy (non-hydrogen) atoms. The molecule has 1 aromatic carbocycles. The molecule has 0 unspecified atom stereocenters. The van der Waals surface area contributed by atoms with Crippen LogP contribution in [-0.4, -0.2) is 28.6 Å². The fourth-order valence-corrected chi connectivity index (χ4v) is 1.67. The van der Waals surface area contributed by atoms with Crippen LogP contribution in [-0.2, 0) is 0 Å². The molecule has 0 aliphatic heterocycles. The molecule has 0 bridgehead atoms. The molecule has 0 radical (unpaired) electrons. The lowest BCUT2D eigenvalue weighted by molar-refractivity contribution is 0.379. The van der Waals surface area contributed by atoms with Crippen LogP contribution in [0.5, 0.6) is 6.01 Å². The van der Waals surface area contributed by atoms with Crippen molar-refractivity contribution in [2.75, 3.05) is 24.3 Å². The maximum atomic E-state index is 13.0. The zero-order chi connectivity index (χ0) is 14.5. The third-order valence-electron chi connectivity index (χ3n) is 2.31. The van der Waals surface area contributed by atoms with Crippen LogP contribution in [0.1, 0.15) is 6.92 Å². The summed E-state index contributed by atoms with van der Waals surface area (Å²) in [4.78, 5) is 12.2. The van der Waals surface area contributed by atoms with Crippen LogP contribution >= 0.6 is 11.6 Å². The van der Waals surface area contributed by atoms with Gasteiger partial charge in [-0.1, -0.05) is 11.6 Å². The normalized spacial score (nSPS) is 10.2. The third kappa shape index (κ3) is 3.45. The van der Waals surface area contributed by atoms with Crippen LogP contribution in [0.3, 0.4) is 0 Å². The van der Waals surface area contributed by atoms with Crippen LogP contribution in [0.25, 0.3) is 0 Å². The molecular weight excluding hydrogens is 285 g/mol. The van der Waals surface area contributed by atoms with Crippen molar-refractivity contribution in [1.82, 2.24) is 15.0 Å². The average Bonchev–Trinajstić information content (AvgIpc) is 2.42. The van der Waals surface area contributed by atoms with Crippen molar-refractivity contribution in [3.63, 3.8) is 0 Å². The molecule has 2 aromatic rings. The van der Waals surface area contributed by atoms with Gasteiger partial charge >= 0.3 is 6.01 Å². The van der Waals surface area contributed by atoms with E-state index in [-0.39, 0.29) is 17.0 Å². The first kappa shape index (κ1) is 14.3. The number of anilines is 3. The molecule has 2 rings (SSSR count). The van der Waals surface area contributed by atoms with E-state index in [0.717, 1.165) is 0 Å². The van der Waals surface area contributed by atoms with Crippen molar-refractivity contribution >= 4 is 29.2 Å². The van der Waals surface area contributed by atoms with Crippen molar-refractivity contribution < 1.29 is 9.13 Å². The van der Waals surface area contributed by atoms with Crippen molar-refractivity contribution in [1.29, 1.82) is 0 Å². The maximum Gasteiger partial charge on any atom is 0.322 e.